The summed E-state index contributed by atoms with van der Waals surface area (Å²) >= 11 is 6.13. The Balaban J connectivity index is 0.00000162. The quantitative estimate of drug-likeness (QED) is 0.908. The third kappa shape index (κ3) is 3.18. The van der Waals surface area contributed by atoms with Crippen molar-refractivity contribution in [3.8, 4) is 0 Å². The molecule has 0 saturated carbocycles. The van der Waals surface area contributed by atoms with E-state index in [0.717, 1.165) is 36.8 Å². The number of rotatable bonds is 2. The van der Waals surface area contributed by atoms with Gasteiger partial charge in [0.05, 0.1) is 16.9 Å². The van der Waals surface area contributed by atoms with Crippen LogP contribution in [0.25, 0.3) is 0 Å². The minimum Gasteiger partial charge on any atom is -0.327 e. The molecule has 1 aromatic rings. The normalized spacial score (nSPS) is 23.7. The summed E-state index contributed by atoms with van der Waals surface area (Å²) in [7, 11) is 1.93. The van der Waals surface area contributed by atoms with Gasteiger partial charge in [0, 0.05) is 32.7 Å². The standard InChI is InChI=1S/C12H21ClN4.ClH/c1-12(2)8-17(5-4-11(12)14)7-10-9(13)6-15-16(10)3;/h6,11H,4-5,7-8,14H2,1-3H3;1H. The van der Waals surface area contributed by atoms with Crippen molar-refractivity contribution in [2.45, 2.75) is 32.9 Å². The Kier molecular flexibility index (Phi) is 5.06. The number of likely N-dealkylation sites (tertiary alicyclic amines) is 1. The second-order valence-corrected chi connectivity index (χ2v) is 6.06. The minimum atomic E-state index is 0. The Bertz CT molecular complexity index is 383. The summed E-state index contributed by atoms with van der Waals surface area (Å²) in [6.07, 6.45) is 2.75. The van der Waals surface area contributed by atoms with Crippen molar-refractivity contribution in [1.29, 1.82) is 0 Å². The molecule has 6 heteroatoms. The van der Waals surface area contributed by atoms with Gasteiger partial charge >= 0.3 is 0 Å². The van der Waals surface area contributed by atoms with Crippen LogP contribution in [-0.4, -0.2) is 33.8 Å². The van der Waals surface area contributed by atoms with E-state index in [1.165, 1.54) is 0 Å². The zero-order chi connectivity index (χ0) is 12.6. The van der Waals surface area contributed by atoms with Crippen LogP contribution in [0.5, 0.6) is 0 Å². The van der Waals surface area contributed by atoms with Gasteiger partial charge < -0.3 is 5.73 Å². The van der Waals surface area contributed by atoms with E-state index < -0.39 is 0 Å². The van der Waals surface area contributed by atoms with Gasteiger partial charge in [-0.2, -0.15) is 5.10 Å². The van der Waals surface area contributed by atoms with E-state index in [4.69, 9.17) is 17.3 Å². The Morgan fingerprint density at radius 3 is 2.72 bits per heavy atom. The smallest absolute Gasteiger partial charge is 0.0831 e. The van der Waals surface area contributed by atoms with Gasteiger partial charge in [-0.15, -0.1) is 12.4 Å². The van der Waals surface area contributed by atoms with Gasteiger partial charge in [-0.05, 0) is 11.8 Å². The molecular formula is C12H22Cl2N4. The zero-order valence-electron chi connectivity index (χ0n) is 11.2. The second kappa shape index (κ2) is 5.78. The molecule has 18 heavy (non-hydrogen) atoms. The lowest BCUT2D eigenvalue weighted by atomic mass is 9.80. The minimum absolute atomic E-state index is 0. The van der Waals surface area contributed by atoms with E-state index in [9.17, 15) is 0 Å². The number of aryl methyl sites for hydroxylation is 1. The van der Waals surface area contributed by atoms with Gasteiger partial charge in [-0.25, -0.2) is 0 Å². The fourth-order valence-corrected chi connectivity index (χ4v) is 2.67. The van der Waals surface area contributed by atoms with E-state index in [-0.39, 0.29) is 17.8 Å². The third-order valence-electron chi connectivity index (χ3n) is 3.78. The molecule has 1 aliphatic heterocycles. The lowest BCUT2D eigenvalue weighted by Gasteiger charge is -2.42. The SMILES string of the molecule is Cl.Cn1ncc(Cl)c1CN1CCC(N)C(C)(C)C1. The number of aromatic nitrogens is 2. The number of hydrogen-bond acceptors (Lipinski definition) is 3. The van der Waals surface area contributed by atoms with E-state index in [1.807, 2.05) is 11.7 Å². The first-order valence-electron chi connectivity index (χ1n) is 6.04. The average Bonchev–Trinajstić information content (AvgIpc) is 2.55. The molecule has 1 saturated heterocycles. The fourth-order valence-electron chi connectivity index (χ4n) is 2.45. The summed E-state index contributed by atoms with van der Waals surface area (Å²) in [5, 5.41) is 4.92. The molecule has 2 N–H and O–H groups in total. The largest absolute Gasteiger partial charge is 0.327 e. The molecule has 4 nitrogen and oxygen atoms in total. The summed E-state index contributed by atoms with van der Waals surface area (Å²) in [4.78, 5) is 2.41. The van der Waals surface area contributed by atoms with Crippen LogP contribution in [0, 0.1) is 5.41 Å². The molecule has 2 heterocycles. The molecule has 0 aliphatic carbocycles. The van der Waals surface area contributed by atoms with Gasteiger partial charge in [-0.3, -0.25) is 9.58 Å². The number of nitrogens with zero attached hydrogens (tertiary/aromatic N) is 3. The first-order chi connectivity index (χ1) is 7.90. The summed E-state index contributed by atoms with van der Waals surface area (Å²) in [6.45, 7) is 7.36. The molecule has 104 valence electrons. The molecule has 0 bridgehead atoms. The molecule has 1 atom stereocenters. The lowest BCUT2D eigenvalue weighted by molar-refractivity contribution is 0.0880. The molecule has 1 aliphatic rings. The van der Waals surface area contributed by atoms with Gasteiger partial charge in [0.15, 0.2) is 0 Å². The molecule has 0 spiro atoms. The maximum absolute atomic E-state index is 6.14. The topological polar surface area (TPSA) is 47.1 Å². The maximum Gasteiger partial charge on any atom is 0.0831 e. The van der Waals surface area contributed by atoms with Crippen LogP contribution in [0.2, 0.25) is 5.02 Å². The van der Waals surface area contributed by atoms with Crippen LogP contribution in [0.15, 0.2) is 6.20 Å². The van der Waals surface area contributed by atoms with E-state index in [2.05, 4.69) is 23.8 Å². The average molecular weight is 293 g/mol. The highest BCUT2D eigenvalue weighted by molar-refractivity contribution is 6.31. The highest BCUT2D eigenvalue weighted by Crippen LogP contribution is 2.29. The summed E-state index contributed by atoms with van der Waals surface area (Å²) in [6, 6.07) is 0.292. The Morgan fingerprint density at radius 2 is 2.22 bits per heavy atom. The summed E-state index contributed by atoms with van der Waals surface area (Å²) in [5.41, 5.74) is 7.39. The third-order valence-corrected chi connectivity index (χ3v) is 4.09. The predicted molar refractivity (Wildman–Crippen MR) is 77.1 cm³/mol. The number of nitrogens with two attached hydrogens (primary N) is 1. The number of piperidine rings is 1. The molecule has 0 radical (unpaired) electrons. The molecule has 2 rings (SSSR count). The van der Waals surface area contributed by atoms with Crippen molar-refractivity contribution < 1.29 is 0 Å². The van der Waals surface area contributed by atoms with Crippen molar-refractivity contribution in [3.05, 3.63) is 16.9 Å². The van der Waals surface area contributed by atoms with Gasteiger partial charge in [0.2, 0.25) is 0 Å². The zero-order valence-corrected chi connectivity index (χ0v) is 12.8. The van der Waals surface area contributed by atoms with Crippen LogP contribution in [0.1, 0.15) is 26.0 Å². The highest BCUT2D eigenvalue weighted by atomic mass is 35.5. The van der Waals surface area contributed by atoms with Crippen molar-refractivity contribution in [1.82, 2.24) is 14.7 Å². The summed E-state index contributed by atoms with van der Waals surface area (Å²) in [5.74, 6) is 0. The summed E-state index contributed by atoms with van der Waals surface area (Å²) < 4.78 is 1.85. The second-order valence-electron chi connectivity index (χ2n) is 5.66. The van der Waals surface area contributed by atoms with E-state index in [1.54, 1.807) is 6.20 Å². The first kappa shape index (κ1) is 15.8. The van der Waals surface area contributed by atoms with Crippen LogP contribution < -0.4 is 5.73 Å². The van der Waals surface area contributed by atoms with Crippen LogP contribution in [-0.2, 0) is 13.6 Å². The Labute approximate surface area is 120 Å². The number of hydrogen-bond donors (Lipinski definition) is 1. The molecular weight excluding hydrogens is 271 g/mol. The molecule has 1 unspecified atom stereocenters. The van der Waals surface area contributed by atoms with E-state index in [0.29, 0.717) is 6.04 Å². The van der Waals surface area contributed by atoms with E-state index >= 15 is 0 Å². The molecule has 0 aromatic carbocycles. The van der Waals surface area contributed by atoms with Gasteiger partial charge in [0.25, 0.3) is 0 Å². The molecule has 0 amide bonds. The van der Waals surface area contributed by atoms with Crippen LogP contribution in [0.4, 0.5) is 0 Å². The van der Waals surface area contributed by atoms with Crippen LogP contribution >= 0.6 is 24.0 Å². The van der Waals surface area contributed by atoms with Crippen molar-refractivity contribution in [2.75, 3.05) is 13.1 Å². The molecule has 1 fully saturated rings. The Hall–Kier alpha value is -0.290. The van der Waals surface area contributed by atoms with Gasteiger partial charge in [-0.1, -0.05) is 25.4 Å². The van der Waals surface area contributed by atoms with Gasteiger partial charge in [0.1, 0.15) is 0 Å². The van der Waals surface area contributed by atoms with Crippen LogP contribution in [0.3, 0.4) is 0 Å². The lowest BCUT2D eigenvalue weighted by Crippen LogP contribution is -2.52. The van der Waals surface area contributed by atoms with Crippen molar-refractivity contribution in [2.24, 2.45) is 18.2 Å². The van der Waals surface area contributed by atoms with Crippen molar-refractivity contribution >= 4 is 24.0 Å². The number of halogens is 2. The fraction of sp³-hybridized carbons (Fsp3) is 0.750. The molecule has 1 aromatic heterocycles. The highest BCUT2D eigenvalue weighted by Gasteiger charge is 2.33. The monoisotopic (exact) mass is 292 g/mol. The van der Waals surface area contributed by atoms with Crippen molar-refractivity contribution in [3.63, 3.8) is 0 Å². The first-order valence-corrected chi connectivity index (χ1v) is 6.42. The maximum atomic E-state index is 6.14. The Morgan fingerprint density at radius 1 is 1.56 bits per heavy atom. The predicted octanol–water partition coefficient (Wildman–Crippen LogP) is 2.05.